The van der Waals surface area contributed by atoms with Gasteiger partial charge in [0.05, 0.1) is 19.8 Å². The van der Waals surface area contributed by atoms with Crippen LogP contribution in [0.25, 0.3) is 0 Å². The van der Waals surface area contributed by atoms with Crippen LogP contribution in [-0.2, 0) is 11.2 Å². The van der Waals surface area contributed by atoms with Gasteiger partial charge in [-0.2, -0.15) is 0 Å². The minimum atomic E-state index is -0.863. The molecule has 0 radical (unpaired) electrons. The highest BCUT2D eigenvalue weighted by Crippen LogP contribution is 2.24. The number of rotatable bonds is 6. The van der Waals surface area contributed by atoms with Gasteiger partial charge in [-0.05, 0) is 44.0 Å². The lowest BCUT2D eigenvalue weighted by molar-refractivity contribution is -0.125. The SMILES string of the molecule is COc1ccc(OC)c(CCNC(=O)C(C)(C)N)c1. The molecule has 1 amide bonds. The lowest BCUT2D eigenvalue weighted by Gasteiger charge is -2.18. The van der Waals surface area contributed by atoms with Gasteiger partial charge >= 0.3 is 0 Å². The Labute approximate surface area is 114 Å². The highest BCUT2D eigenvalue weighted by Gasteiger charge is 2.21. The van der Waals surface area contributed by atoms with Gasteiger partial charge in [0, 0.05) is 6.54 Å². The molecule has 0 saturated carbocycles. The lowest BCUT2D eigenvalue weighted by Crippen LogP contribution is -2.49. The fraction of sp³-hybridized carbons (Fsp3) is 0.500. The van der Waals surface area contributed by atoms with E-state index in [0.29, 0.717) is 13.0 Å². The Hall–Kier alpha value is -1.75. The lowest BCUT2D eigenvalue weighted by atomic mass is 10.1. The van der Waals surface area contributed by atoms with Crippen molar-refractivity contribution in [1.29, 1.82) is 0 Å². The smallest absolute Gasteiger partial charge is 0.239 e. The normalized spacial score (nSPS) is 11.0. The van der Waals surface area contributed by atoms with Crippen LogP contribution in [0.4, 0.5) is 0 Å². The summed E-state index contributed by atoms with van der Waals surface area (Å²) in [5.74, 6) is 1.37. The van der Waals surface area contributed by atoms with Gasteiger partial charge in [0.15, 0.2) is 0 Å². The number of nitrogens with two attached hydrogens (primary N) is 1. The minimum absolute atomic E-state index is 0.172. The molecular weight excluding hydrogens is 244 g/mol. The quantitative estimate of drug-likeness (QED) is 0.808. The van der Waals surface area contributed by atoms with Crippen LogP contribution in [-0.4, -0.2) is 32.2 Å². The molecule has 5 nitrogen and oxygen atoms in total. The van der Waals surface area contributed by atoms with Crippen molar-refractivity contribution in [3.8, 4) is 11.5 Å². The molecule has 0 aromatic heterocycles. The molecule has 0 fully saturated rings. The van der Waals surface area contributed by atoms with E-state index in [-0.39, 0.29) is 5.91 Å². The second-order valence-electron chi connectivity index (χ2n) is 4.91. The van der Waals surface area contributed by atoms with E-state index in [1.54, 1.807) is 28.1 Å². The van der Waals surface area contributed by atoms with Crippen molar-refractivity contribution in [3.63, 3.8) is 0 Å². The van der Waals surface area contributed by atoms with Gasteiger partial charge in [0.25, 0.3) is 0 Å². The van der Waals surface area contributed by atoms with Crippen molar-refractivity contribution in [2.75, 3.05) is 20.8 Å². The zero-order valence-electron chi connectivity index (χ0n) is 11.9. The third-order valence-corrected chi connectivity index (χ3v) is 2.75. The number of carbonyl (C=O) groups excluding carboxylic acids is 1. The van der Waals surface area contributed by atoms with Crippen LogP contribution < -0.4 is 20.5 Å². The van der Waals surface area contributed by atoms with Gasteiger partial charge < -0.3 is 20.5 Å². The Morgan fingerprint density at radius 3 is 2.53 bits per heavy atom. The van der Waals surface area contributed by atoms with Gasteiger partial charge in [0.1, 0.15) is 11.5 Å². The molecule has 0 atom stereocenters. The van der Waals surface area contributed by atoms with E-state index in [0.717, 1.165) is 17.1 Å². The summed E-state index contributed by atoms with van der Waals surface area (Å²) >= 11 is 0. The molecule has 1 aromatic rings. The number of hydrogen-bond acceptors (Lipinski definition) is 4. The number of carbonyl (C=O) groups is 1. The molecule has 0 aliphatic heterocycles. The van der Waals surface area contributed by atoms with E-state index in [2.05, 4.69) is 5.32 Å². The first-order valence-corrected chi connectivity index (χ1v) is 6.16. The molecule has 0 spiro atoms. The summed E-state index contributed by atoms with van der Waals surface area (Å²) in [6, 6.07) is 5.59. The average Bonchev–Trinajstić information content (AvgIpc) is 2.37. The van der Waals surface area contributed by atoms with E-state index < -0.39 is 5.54 Å². The number of amides is 1. The van der Waals surface area contributed by atoms with Crippen molar-refractivity contribution in [2.45, 2.75) is 25.8 Å². The Balaban J connectivity index is 2.64. The average molecular weight is 266 g/mol. The fourth-order valence-electron chi connectivity index (χ4n) is 1.62. The Morgan fingerprint density at radius 1 is 1.32 bits per heavy atom. The van der Waals surface area contributed by atoms with Crippen LogP contribution >= 0.6 is 0 Å². The maximum Gasteiger partial charge on any atom is 0.239 e. The van der Waals surface area contributed by atoms with Gasteiger partial charge in [-0.3, -0.25) is 4.79 Å². The van der Waals surface area contributed by atoms with Crippen LogP contribution in [0.2, 0.25) is 0 Å². The molecule has 0 heterocycles. The first-order chi connectivity index (χ1) is 8.88. The van der Waals surface area contributed by atoms with E-state index in [1.165, 1.54) is 0 Å². The molecule has 0 aliphatic rings. The number of ether oxygens (including phenoxy) is 2. The summed E-state index contributed by atoms with van der Waals surface area (Å²) in [5.41, 5.74) is 5.82. The van der Waals surface area contributed by atoms with Crippen LogP contribution in [0.5, 0.6) is 11.5 Å². The van der Waals surface area contributed by atoms with Crippen LogP contribution in [0.3, 0.4) is 0 Å². The molecule has 1 rings (SSSR count). The Kier molecular flexibility index (Phi) is 5.18. The first-order valence-electron chi connectivity index (χ1n) is 6.16. The second-order valence-corrected chi connectivity index (χ2v) is 4.91. The van der Waals surface area contributed by atoms with E-state index in [9.17, 15) is 4.79 Å². The largest absolute Gasteiger partial charge is 0.497 e. The van der Waals surface area contributed by atoms with E-state index in [4.69, 9.17) is 15.2 Å². The summed E-state index contributed by atoms with van der Waals surface area (Å²) in [5, 5.41) is 2.80. The van der Waals surface area contributed by atoms with Crippen molar-refractivity contribution >= 4 is 5.91 Å². The van der Waals surface area contributed by atoms with Crippen LogP contribution in [0, 0.1) is 0 Å². The van der Waals surface area contributed by atoms with Gasteiger partial charge in [-0.1, -0.05) is 0 Å². The van der Waals surface area contributed by atoms with Crippen molar-refractivity contribution in [2.24, 2.45) is 5.73 Å². The zero-order valence-corrected chi connectivity index (χ0v) is 11.9. The van der Waals surface area contributed by atoms with Crippen LogP contribution in [0.15, 0.2) is 18.2 Å². The van der Waals surface area contributed by atoms with Crippen molar-refractivity contribution in [3.05, 3.63) is 23.8 Å². The minimum Gasteiger partial charge on any atom is -0.497 e. The molecule has 0 aliphatic carbocycles. The summed E-state index contributed by atoms with van der Waals surface area (Å²) in [6.07, 6.45) is 0.655. The number of methoxy groups -OCH3 is 2. The Bertz CT molecular complexity index is 439. The number of benzene rings is 1. The molecule has 1 aromatic carbocycles. The predicted molar refractivity (Wildman–Crippen MR) is 74.5 cm³/mol. The van der Waals surface area contributed by atoms with Gasteiger partial charge in [-0.25, -0.2) is 0 Å². The standard InChI is InChI=1S/C14H22N2O3/c1-14(2,15)13(17)16-8-7-10-9-11(18-3)5-6-12(10)19-4/h5-6,9H,7-8,15H2,1-4H3,(H,16,17). The highest BCUT2D eigenvalue weighted by molar-refractivity contribution is 5.85. The maximum absolute atomic E-state index is 11.6. The molecule has 19 heavy (non-hydrogen) atoms. The molecular formula is C14H22N2O3. The fourth-order valence-corrected chi connectivity index (χ4v) is 1.62. The van der Waals surface area contributed by atoms with Crippen LogP contribution in [0.1, 0.15) is 19.4 Å². The second kappa shape index (κ2) is 6.43. The zero-order chi connectivity index (χ0) is 14.5. The number of nitrogens with one attached hydrogen (secondary N) is 1. The predicted octanol–water partition coefficient (Wildman–Crippen LogP) is 1.10. The maximum atomic E-state index is 11.6. The first kappa shape index (κ1) is 15.3. The number of hydrogen-bond donors (Lipinski definition) is 2. The Morgan fingerprint density at radius 2 is 2.00 bits per heavy atom. The summed E-state index contributed by atoms with van der Waals surface area (Å²) < 4.78 is 10.4. The summed E-state index contributed by atoms with van der Waals surface area (Å²) in [6.45, 7) is 3.85. The molecule has 0 bridgehead atoms. The third-order valence-electron chi connectivity index (χ3n) is 2.75. The summed E-state index contributed by atoms with van der Waals surface area (Å²) in [4.78, 5) is 11.6. The molecule has 0 unspecified atom stereocenters. The third kappa shape index (κ3) is 4.44. The topological polar surface area (TPSA) is 73.6 Å². The summed E-state index contributed by atoms with van der Waals surface area (Å²) in [7, 11) is 3.23. The molecule has 0 saturated heterocycles. The van der Waals surface area contributed by atoms with Crippen molar-refractivity contribution < 1.29 is 14.3 Å². The highest BCUT2D eigenvalue weighted by atomic mass is 16.5. The monoisotopic (exact) mass is 266 g/mol. The molecule has 106 valence electrons. The molecule has 3 N–H and O–H groups in total. The van der Waals surface area contributed by atoms with Crippen molar-refractivity contribution in [1.82, 2.24) is 5.32 Å². The van der Waals surface area contributed by atoms with Gasteiger partial charge in [-0.15, -0.1) is 0 Å². The van der Waals surface area contributed by atoms with E-state index >= 15 is 0 Å². The van der Waals surface area contributed by atoms with Gasteiger partial charge in [0.2, 0.25) is 5.91 Å². The molecule has 5 heteroatoms. The van der Waals surface area contributed by atoms with E-state index in [1.807, 2.05) is 18.2 Å².